The quantitative estimate of drug-likeness (QED) is 0.130. The molecule has 2 heterocycles. The van der Waals surface area contributed by atoms with Gasteiger partial charge in [-0.15, -0.1) is 0 Å². The molecular weight excluding hydrogens is 678 g/mol. The van der Waals surface area contributed by atoms with Crippen LogP contribution in [0.15, 0.2) is 72.8 Å². The van der Waals surface area contributed by atoms with Gasteiger partial charge in [0.1, 0.15) is 42.2 Å². The van der Waals surface area contributed by atoms with Gasteiger partial charge in [0.15, 0.2) is 5.15 Å². The van der Waals surface area contributed by atoms with Crippen molar-refractivity contribution in [3.05, 3.63) is 104 Å². The number of carbonyl (C=O) groups excluding carboxylic acids is 2. The average molecular weight is 705 g/mol. The SMILES string of the molecule is C[C@@H](c1ccccc1)C(c1nc(Cl)c(-c2ccc(I)cc2F)[nH]1)N1C(=O)N[C@H](c2ccc(OC[C@H](O)CO)cc2)C1=O. The fourth-order valence-corrected chi connectivity index (χ4v) is 5.58. The second kappa shape index (κ2) is 12.8. The van der Waals surface area contributed by atoms with Crippen LogP contribution in [0.4, 0.5) is 9.18 Å². The smallest absolute Gasteiger partial charge is 0.325 e. The molecule has 3 aromatic carbocycles. The molecule has 1 aromatic heterocycles. The summed E-state index contributed by atoms with van der Waals surface area (Å²) < 4.78 is 21.0. The minimum absolute atomic E-state index is 0.0147. The number of benzene rings is 3. The minimum Gasteiger partial charge on any atom is -0.491 e. The molecule has 1 aliphatic rings. The average Bonchev–Trinajstić information content (AvgIpc) is 3.51. The number of halogens is 3. The van der Waals surface area contributed by atoms with Gasteiger partial charge in [-0.05, 0) is 64.0 Å². The van der Waals surface area contributed by atoms with Crippen LogP contribution in [-0.2, 0) is 4.79 Å². The number of aliphatic hydroxyl groups excluding tert-OH is 2. The van der Waals surface area contributed by atoms with Gasteiger partial charge >= 0.3 is 6.03 Å². The van der Waals surface area contributed by atoms with Crippen LogP contribution >= 0.6 is 34.2 Å². The first-order chi connectivity index (χ1) is 20.2. The third-order valence-electron chi connectivity index (χ3n) is 7.07. The summed E-state index contributed by atoms with van der Waals surface area (Å²) in [7, 11) is 0. The number of hydrogen-bond donors (Lipinski definition) is 4. The van der Waals surface area contributed by atoms with Crippen LogP contribution in [0, 0.1) is 9.39 Å². The van der Waals surface area contributed by atoms with Gasteiger partial charge in [-0.1, -0.05) is 61.0 Å². The first-order valence-electron chi connectivity index (χ1n) is 13.1. The van der Waals surface area contributed by atoms with Crippen molar-refractivity contribution < 1.29 is 28.9 Å². The summed E-state index contributed by atoms with van der Waals surface area (Å²) in [6, 6.07) is 18.1. The van der Waals surface area contributed by atoms with E-state index >= 15 is 0 Å². The molecule has 0 aliphatic carbocycles. The van der Waals surface area contributed by atoms with Gasteiger partial charge in [-0.2, -0.15) is 0 Å². The number of carbonyl (C=O) groups is 2. The van der Waals surface area contributed by atoms with E-state index in [0.29, 0.717) is 14.9 Å². The van der Waals surface area contributed by atoms with Crippen molar-refractivity contribution in [3.8, 4) is 17.0 Å². The number of H-pyrrole nitrogens is 1. The third kappa shape index (κ3) is 6.14. The Hall–Kier alpha value is -3.52. The van der Waals surface area contributed by atoms with E-state index in [1.165, 1.54) is 6.07 Å². The number of ether oxygens (including phenoxy) is 1. The Morgan fingerprint density at radius 1 is 1.12 bits per heavy atom. The Labute approximate surface area is 259 Å². The van der Waals surface area contributed by atoms with Crippen molar-refractivity contribution in [1.29, 1.82) is 0 Å². The first-order valence-corrected chi connectivity index (χ1v) is 14.5. The molecule has 3 amide bonds. The summed E-state index contributed by atoms with van der Waals surface area (Å²) in [6.45, 7) is 1.35. The second-order valence-corrected chi connectivity index (χ2v) is 11.5. The zero-order valence-corrected chi connectivity index (χ0v) is 25.2. The zero-order valence-electron chi connectivity index (χ0n) is 22.3. The van der Waals surface area contributed by atoms with Crippen LogP contribution in [0.2, 0.25) is 5.15 Å². The summed E-state index contributed by atoms with van der Waals surface area (Å²) in [5.74, 6) is -0.729. The Balaban J connectivity index is 1.49. The van der Waals surface area contributed by atoms with Crippen molar-refractivity contribution in [2.24, 2.45) is 0 Å². The van der Waals surface area contributed by atoms with E-state index in [-0.39, 0.29) is 28.8 Å². The maximum absolute atomic E-state index is 14.9. The van der Waals surface area contributed by atoms with Gasteiger partial charge < -0.3 is 25.3 Å². The number of nitrogens with zero attached hydrogens (tertiary/aromatic N) is 2. The highest BCUT2D eigenvalue weighted by molar-refractivity contribution is 14.1. The largest absolute Gasteiger partial charge is 0.491 e. The fraction of sp³-hybridized carbons (Fsp3) is 0.233. The number of imide groups is 1. The molecule has 1 aliphatic heterocycles. The molecule has 12 heteroatoms. The van der Waals surface area contributed by atoms with Crippen LogP contribution in [0.1, 0.15) is 41.9 Å². The fourth-order valence-electron chi connectivity index (χ4n) is 4.89. The number of aliphatic hydroxyl groups is 2. The molecule has 4 N–H and O–H groups in total. The molecular formula is C30H27ClFIN4O5. The molecule has 0 radical (unpaired) electrons. The molecule has 1 unspecified atom stereocenters. The monoisotopic (exact) mass is 704 g/mol. The Bertz CT molecular complexity index is 1590. The summed E-state index contributed by atoms with van der Waals surface area (Å²) in [4.78, 5) is 36.0. The molecule has 0 saturated carbocycles. The van der Waals surface area contributed by atoms with E-state index in [9.17, 15) is 19.1 Å². The molecule has 4 atom stereocenters. The lowest BCUT2D eigenvalue weighted by molar-refractivity contribution is -0.129. The van der Waals surface area contributed by atoms with E-state index in [1.54, 1.807) is 36.4 Å². The minimum atomic E-state index is -1.02. The Morgan fingerprint density at radius 2 is 1.83 bits per heavy atom. The number of aromatic amines is 1. The highest BCUT2D eigenvalue weighted by Gasteiger charge is 2.46. The summed E-state index contributed by atoms with van der Waals surface area (Å²) in [5, 5.41) is 21.3. The lowest BCUT2D eigenvalue weighted by Gasteiger charge is -2.29. The lowest BCUT2D eigenvalue weighted by Crippen LogP contribution is -2.38. The highest BCUT2D eigenvalue weighted by atomic mass is 127. The van der Waals surface area contributed by atoms with Crippen LogP contribution < -0.4 is 10.1 Å². The lowest BCUT2D eigenvalue weighted by atomic mass is 9.91. The number of nitrogens with one attached hydrogen (secondary N) is 2. The summed E-state index contributed by atoms with van der Waals surface area (Å²) >= 11 is 8.52. The summed E-state index contributed by atoms with van der Waals surface area (Å²) in [5.41, 5.74) is 1.84. The van der Waals surface area contributed by atoms with E-state index in [2.05, 4.69) is 15.3 Å². The van der Waals surface area contributed by atoms with Crippen LogP contribution in [-0.4, -0.2) is 56.3 Å². The molecule has 4 aromatic rings. The van der Waals surface area contributed by atoms with E-state index in [4.69, 9.17) is 21.4 Å². The van der Waals surface area contributed by atoms with Crippen molar-refractivity contribution in [2.45, 2.75) is 31.0 Å². The highest BCUT2D eigenvalue weighted by Crippen LogP contribution is 2.41. The van der Waals surface area contributed by atoms with Gasteiger partial charge in [-0.25, -0.2) is 14.2 Å². The standard InChI is InChI=1S/C30H27ClFIN4O5/c1-16(17-5-3-2-4-6-17)26(28-34-25(27(31)36-28)22-12-9-19(33)13-23(22)32)37-29(40)24(35-30(37)41)18-7-10-21(11-8-18)42-15-20(39)14-38/h2-13,16,20,24,26,38-39H,14-15H2,1H3,(H,34,36)(H,35,41)/t16-,20+,24+,26?/m0/s1. The number of rotatable bonds is 10. The first kappa shape index (κ1) is 30.0. The second-order valence-electron chi connectivity index (χ2n) is 9.86. The van der Waals surface area contributed by atoms with E-state index in [1.807, 2.05) is 59.8 Å². The molecule has 0 spiro atoms. The molecule has 1 saturated heterocycles. The predicted octanol–water partition coefficient (Wildman–Crippen LogP) is 5.34. The van der Waals surface area contributed by atoms with Crippen molar-refractivity contribution in [2.75, 3.05) is 13.2 Å². The van der Waals surface area contributed by atoms with E-state index < -0.39 is 48.5 Å². The van der Waals surface area contributed by atoms with E-state index in [0.717, 1.165) is 10.5 Å². The third-order valence-corrected chi connectivity index (χ3v) is 8.02. The van der Waals surface area contributed by atoms with Gasteiger partial charge in [0.05, 0.1) is 12.3 Å². The van der Waals surface area contributed by atoms with Gasteiger partial charge in [0, 0.05) is 15.1 Å². The Kier molecular flexibility index (Phi) is 9.11. The number of hydrogen-bond acceptors (Lipinski definition) is 6. The van der Waals surface area contributed by atoms with Crippen molar-refractivity contribution >= 4 is 46.1 Å². The van der Waals surface area contributed by atoms with Crippen LogP contribution in [0.25, 0.3) is 11.3 Å². The van der Waals surface area contributed by atoms with Gasteiger partial charge in [0.25, 0.3) is 5.91 Å². The number of imidazole rings is 1. The number of urea groups is 1. The molecule has 42 heavy (non-hydrogen) atoms. The molecule has 9 nitrogen and oxygen atoms in total. The summed E-state index contributed by atoms with van der Waals surface area (Å²) in [6.07, 6.45) is -1.02. The van der Waals surface area contributed by atoms with Crippen molar-refractivity contribution in [3.63, 3.8) is 0 Å². The molecule has 5 rings (SSSR count). The maximum Gasteiger partial charge on any atom is 0.325 e. The Morgan fingerprint density at radius 3 is 2.50 bits per heavy atom. The topological polar surface area (TPSA) is 128 Å². The molecule has 1 fully saturated rings. The zero-order chi connectivity index (χ0) is 30.0. The number of aromatic nitrogens is 2. The predicted molar refractivity (Wildman–Crippen MR) is 162 cm³/mol. The van der Waals surface area contributed by atoms with Gasteiger partial charge in [-0.3, -0.25) is 9.69 Å². The maximum atomic E-state index is 14.9. The molecule has 0 bridgehead atoms. The van der Waals surface area contributed by atoms with Crippen LogP contribution in [0.5, 0.6) is 5.75 Å². The number of amides is 3. The molecule has 218 valence electrons. The van der Waals surface area contributed by atoms with Crippen LogP contribution in [0.3, 0.4) is 0 Å². The van der Waals surface area contributed by atoms with Crippen molar-refractivity contribution in [1.82, 2.24) is 20.2 Å². The normalized spacial score (nSPS) is 17.2. The van der Waals surface area contributed by atoms with Gasteiger partial charge in [0.2, 0.25) is 0 Å².